The first-order chi connectivity index (χ1) is 3.31. The van der Waals surface area contributed by atoms with E-state index >= 15 is 0 Å². The van der Waals surface area contributed by atoms with Gasteiger partial charge in [-0.2, -0.15) is 0 Å². The number of aliphatic hydroxyl groups excluding tert-OH is 1. The van der Waals surface area contributed by atoms with Crippen molar-refractivity contribution in [2.45, 2.75) is 25.9 Å². The minimum Gasteiger partial charge on any atom is -0.391 e. The molecular weight excluding hydrogens is 92.1 g/mol. The minimum absolute atomic E-state index is 0.353. The second-order valence-electron chi connectivity index (χ2n) is 1.61. The monoisotopic (exact) mass is 103 g/mol. The van der Waals surface area contributed by atoms with E-state index in [1.54, 1.807) is 0 Å². The summed E-state index contributed by atoms with van der Waals surface area (Å²) in [6, 6.07) is 0. The molecule has 43 valence electrons. The van der Waals surface area contributed by atoms with Gasteiger partial charge in [0, 0.05) is 0 Å². The number of aliphatic hydroxyl groups is 1. The van der Waals surface area contributed by atoms with Gasteiger partial charge in [0.15, 0.2) is 0 Å². The van der Waals surface area contributed by atoms with E-state index in [0.29, 0.717) is 6.42 Å². The third kappa shape index (κ3) is 3.76. The van der Waals surface area contributed by atoms with Gasteiger partial charge in [-0.3, -0.25) is 0 Å². The Morgan fingerprint density at radius 1 is 1.71 bits per heavy atom. The molecule has 2 heteroatoms. The van der Waals surface area contributed by atoms with E-state index < -0.39 is 6.10 Å². The van der Waals surface area contributed by atoms with Gasteiger partial charge >= 0.3 is 0 Å². The number of hydrogen-bond donors (Lipinski definition) is 1. The molecule has 7 heavy (non-hydrogen) atoms. The highest BCUT2D eigenvalue weighted by molar-refractivity contribution is 4.47. The van der Waals surface area contributed by atoms with Gasteiger partial charge in [-0.15, -0.1) is 0 Å². The SMILES string of the molecule is CCCC(O)C[O]. The molecule has 0 saturated heterocycles. The van der Waals surface area contributed by atoms with E-state index in [1.165, 1.54) is 0 Å². The van der Waals surface area contributed by atoms with Crippen LogP contribution >= 0.6 is 0 Å². The second-order valence-corrected chi connectivity index (χ2v) is 1.61. The van der Waals surface area contributed by atoms with Gasteiger partial charge in [0.2, 0.25) is 0 Å². The van der Waals surface area contributed by atoms with Gasteiger partial charge in [-0.05, 0) is 6.42 Å². The molecule has 0 saturated carbocycles. The van der Waals surface area contributed by atoms with Gasteiger partial charge in [0.1, 0.15) is 6.61 Å². The van der Waals surface area contributed by atoms with Crippen LogP contribution in [0, 0.1) is 0 Å². The van der Waals surface area contributed by atoms with E-state index in [2.05, 4.69) is 0 Å². The molecule has 1 atom stereocenters. The van der Waals surface area contributed by atoms with Crippen molar-refractivity contribution in [3.63, 3.8) is 0 Å². The van der Waals surface area contributed by atoms with Crippen LogP contribution in [0.2, 0.25) is 0 Å². The molecule has 1 radical (unpaired) electrons. The van der Waals surface area contributed by atoms with Gasteiger partial charge in [-0.25, -0.2) is 5.11 Å². The van der Waals surface area contributed by atoms with Crippen molar-refractivity contribution in [3.05, 3.63) is 0 Å². The van der Waals surface area contributed by atoms with Crippen LogP contribution in [0.3, 0.4) is 0 Å². The van der Waals surface area contributed by atoms with Crippen molar-refractivity contribution in [1.29, 1.82) is 0 Å². The largest absolute Gasteiger partial charge is 0.391 e. The molecule has 1 N–H and O–H groups in total. The zero-order valence-electron chi connectivity index (χ0n) is 4.55. The second kappa shape index (κ2) is 4.09. The van der Waals surface area contributed by atoms with Crippen molar-refractivity contribution < 1.29 is 10.2 Å². The summed E-state index contributed by atoms with van der Waals surface area (Å²) in [5.41, 5.74) is 0. The van der Waals surface area contributed by atoms with E-state index in [-0.39, 0.29) is 6.61 Å². The summed E-state index contributed by atoms with van der Waals surface area (Å²) in [5, 5.41) is 18.3. The molecule has 0 aromatic rings. The van der Waals surface area contributed by atoms with Gasteiger partial charge in [0.25, 0.3) is 0 Å². The lowest BCUT2D eigenvalue weighted by atomic mass is 10.2. The Balaban J connectivity index is 2.83. The van der Waals surface area contributed by atoms with E-state index in [0.717, 1.165) is 6.42 Å². The fraction of sp³-hybridized carbons (Fsp3) is 1.00. The van der Waals surface area contributed by atoms with Crippen LogP contribution in [0.4, 0.5) is 0 Å². The first-order valence-electron chi connectivity index (χ1n) is 2.57. The van der Waals surface area contributed by atoms with Crippen molar-refractivity contribution in [1.82, 2.24) is 0 Å². The number of hydrogen-bond acceptors (Lipinski definition) is 1. The Hall–Kier alpha value is -0.0800. The maximum absolute atomic E-state index is 9.77. The Morgan fingerprint density at radius 3 is 2.43 bits per heavy atom. The lowest BCUT2D eigenvalue weighted by Crippen LogP contribution is -2.09. The van der Waals surface area contributed by atoms with E-state index in [9.17, 15) is 5.11 Å². The summed E-state index contributed by atoms with van der Waals surface area (Å²) >= 11 is 0. The molecule has 0 spiro atoms. The normalized spacial score (nSPS) is 14.1. The summed E-state index contributed by atoms with van der Waals surface area (Å²) in [5.74, 6) is 0. The fourth-order valence-electron chi connectivity index (χ4n) is 0.417. The molecule has 0 heterocycles. The van der Waals surface area contributed by atoms with Crippen molar-refractivity contribution in [2.75, 3.05) is 6.61 Å². The summed E-state index contributed by atoms with van der Waals surface area (Å²) in [7, 11) is 0. The predicted octanol–water partition coefficient (Wildman–Crippen LogP) is 0.578. The molecule has 0 aromatic carbocycles. The van der Waals surface area contributed by atoms with Crippen LogP contribution in [0.25, 0.3) is 0 Å². The van der Waals surface area contributed by atoms with Crippen LogP contribution in [-0.4, -0.2) is 17.8 Å². The zero-order valence-corrected chi connectivity index (χ0v) is 4.55. The topological polar surface area (TPSA) is 40.1 Å². The van der Waals surface area contributed by atoms with Gasteiger partial charge < -0.3 is 5.11 Å². The molecule has 0 bridgehead atoms. The zero-order chi connectivity index (χ0) is 5.70. The smallest absolute Gasteiger partial charge is 0.108 e. The Morgan fingerprint density at radius 2 is 2.29 bits per heavy atom. The number of rotatable bonds is 3. The van der Waals surface area contributed by atoms with Crippen LogP contribution in [0.15, 0.2) is 0 Å². The van der Waals surface area contributed by atoms with Gasteiger partial charge in [0.05, 0.1) is 6.10 Å². The highest BCUT2D eigenvalue weighted by Gasteiger charge is 1.97. The Labute approximate surface area is 43.8 Å². The average molecular weight is 103 g/mol. The third-order valence-corrected chi connectivity index (χ3v) is 0.814. The highest BCUT2D eigenvalue weighted by Crippen LogP contribution is 1.92. The molecule has 0 amide bonds. The summed E-state index contributed by atoms with van der Waals surface area (Å²) in [6.45, 7) is 1.59. The van der Waals surface area contributed by atoms with Gasteiger partial charge in [-0.1, -0.05) is 13.3 Å². The molecule has 0 rings (SSSR count). The molecule has 0 aliphatic heterocycles. The standard InChI is InChI=1S/C5H11O2/c1-2-3-5(7)4-6/h5,7H,2-4H2,1H3. The van der Waals surface area contributed by atoms with Crippen LogP contribution in [0.5, 0.6) is 0 Å². The Bertz CT molecular complexity index is 37.1. The quantitative estimate of drug-likeness (QED) is 0.557. The minimum atomic E-state index is -0.606. The molecule has 0 fully saturated rings. The molecule has 0 aliphatic carbocycles. The van der Waals surface area contributed by atoms with Crippen LogP contribution < -0.4 is 0 Å². The first-order valence-corrected chi connectivity index (χ1v) is 2.57. The highest BCUT2D eigenvalue weighted by atomic mass is 16.3. The maximum Gasteiger partial charge on any atom is 0.108 e. The summed E-state index contributed by atoms with van der Waals surface area (Å²) in [6.07, 6.45) is 0.928. The average Bonchev–Trinajstić information content (AvgIpc) is 1.68. The van der Waals surface area contributed by atoms with Crippen LogP contribution in [-0.2, 0) is 5.11 Å². The molecule has 0 aromatic heterocycles. The molecule has 0 aliphatic rings. The predicted molar refractivity (Wildman–Crippen MR) is 26.5 cm³/mol. The Kier molecular flexibility index (Phi) is 4.04. The lowest BCUT2D eigenvalue weighted by Gasteiger charge is -1.99. The van der Waals surface area contributed by atoms with Crippen molar-refractivity contribution in [3.8, 4) is 0 Å². The maximum atomic E-state index is 9.77. The third-order valence-electron chi connectivity index (χ3n) is 0.814. The first kappa shape index (κ1) is 6.92. The lowest BCUT2D eigenvalue weighted by molar-refractivity contribution is 0.0497. The molecule has 1 unspecified atom stereocenters. The van der Waals surface area contributed by atoms with E-state index in [1.807, 2.05) is 6.92 Å². The summed E-state index contributed by atoms with van der Waals surface area (Å²) in [4.78, 5) is 0. The molecule has 2 nitrogen and oxygen atoms in total. The fourth-order valence-corrected chi connectivity index (χ4v) is 0.417. The van der Waals surface area contributed by atoms with E-state index in [4.69, 9.17) is 5.11 Å². The van der Waals surface area contributed by atoms with Crippen LogP contribution in [0.1, 0.15) is 19.8 Å². The van der Waals surface area contributed by atoms with Crippen molar-refractivity contribution in [2.24, 2.45) is 0 Å². The molecular formula is C5H11O2. The summed E-state index contributed by atoms with van der Waals surface area (Å²) < 4.78 is 0. The van der Waals surface area contributed by atoms with Crippen molar-refractivity contribution >= 4 is 0 Å².